The fourth-order valence-corrected chi connectivity index (χ4v) is 3.97. The van der Waals surface area contributed by atoms with Crippen LogP contribution < -0.4 is 5.73 Å². The van der Waals surface area contributed by atoms with Crippen LogP contribution in [0.2, 0.25) is 0 Å². The number of hydrogen-bond acceptors (Lipinski definition) is 3. The molecule has 1 fully saturated rings. The van der Waals surface area contributed by atoms with Crippen LogP contribution in [0.1, 0.15) is 18.1 Å². The van der Waals surface area contributed by atoms with E-state index in [1.54, 1.807) is 0 Å². The normalized spacial score (nSPS) is 17.2. The molecule has 2 aromatic carbocycles. The van der Waals surface area contributed by atoms with Gasteiger partial charge in [0.15, 0.2) is 0 Å². The molecular formula is C21H26N2O2. The topological polar surface area (TPSA) is 55.6 Å². The number of amides is 1. The minimum atomic E-state index is -0.846. The molecule has 1 saturated heterocycles. The molecule has 0 aromatic heterocycles. The first kappa shape index (κ1) is 17.6. The van der Waals surface area contributed by atoms with E-state index >= 15 is 0 Å². The van der Waals surface area contributed by atoms with Crippen LogP contribution in [0, 0.1) is 5.92 Å². The van der Waals surface area contributed by atoms with E-state index in [9.17, 15) is 4.79 Å². The number of morpholine rings is 1. The number of carbonyl (C=O) groups is 1. The van der Waals surface area contributed by atoms with Crippen LogP contribution in [0.5, 0.6) is 0 Å². The van der Waals surface area contributed by atoms with Crippen molar-refractivity contribution in [2.24, 2.45) is 11.7 Å². The van der Waals surface area contributed by atoms with Gasteiger partial charge in [-0.1, -0.05) is 67.6 Å². The van der Waals surface area contributed by atoms with Crippen molar-refractivity contribution < 1.29 is 9.53 Å². The first-order chi connectivity index (χ1) is 12.2. The predicted molar refractivity (Wildman–Crippen MR) is 99.3 cm³/mol. The summed E-state index contributed by atoms with van der Waals surface area (Å²) in [5.74, 6) is -0.265. The minimum Gasteiger partial charge on any atom is -0.379 e. The third kappa shape index (κ3) is 3.46. The molecular weight excluding hydrogens is 312 g/mol. The maximum atomic E-state index is 12.9. The van der Waals surface area contributed by atoms with Crippen LogP contribution >= 0.6 is 0 Å². The van der Waals surface area contributed by atoms with Gasteiger partial charge < -0.3 is 10.5 Å². The third-order valence-corrected chi connectivity index (χ3v) is 5.22. The highest BCUT2D eigenvalue weighted by Crippen LogP contribution is 2.39. The fraction of sp³-hybridized carbons (Fsp3) is 0.381. The van der Waals surface area contributed by atoms with Crippen molar-refractivity contribution in [3.05, 3.63) is 71.8 Å². The van der Waals surface area contributed by atoms with Crippen LogP contribution in [0.3, 0.4) is 0 Å². The van der Waals surface area contributed by atoms with Crippen LogP contribution in [-0.2, 0) is 14.9 Å². The van der Waals surface area contributed by atoms with Crippen molar-refractivity contribution >= 4 is 5.91 Å². The lowest BCUT2D eigenvalue weighted by atomic mass is 9.65. The summed E-state index contributed by atoms with van der Waals surface area (Å²) in [7, 11) is 0. The smallest absolute Gasteiger partial charge is 0.232 e. The highest BCUT2D eigenvalue weighted by molar-refractivity contribution is 5.91. The number of carbonyl (C=O) groups excluding carboxylic acids is 1. The van der Waals surface area contributed by atoms with E-state index in [1.807, 2.05) is 60.7 Å². The Morgan fingerprint density at radius 1 is 1.04 bits per heavy atom. The van der Waals surface area contributed by atoms with Crippen LogP contribution in [0.15, 0.2) is 60.7 Å². The van der Waals surface area contributed by atoms with Gasteiger partial charge in [-0.3, -0.25) is 9.69 Å². The number of rotatable bonds is 6. The van der Waals surface area contributed by atoms with Gasteiger partial charge in [0.1, 0.15) is 5.41 Å². The number of ether oxygens (including phenoxy) is 1. The molecule has 1 atom stereocenters. The molecule has 132 valence electrons. The first-order valence-electron chi connectivity index (χ1n) is 8.86. The molecule has 2 N–H and O–H groups in total. The van der Waals surface area contributed by atoms with Crippen LogP contribution in [0.25, 0.3) is 0 Å². The van der Waals surface area contributed by atoms with Crippen molar-refractivity contribution in [3.63, 3.8) is 0 Å². The zero-order valence-electron chi connectivity index (χ0n) is 14.7. The van der Waals surface area contributed by atoms with Crippen molar-refractivity contribution in [1.82, 2.24) is 4.90 Å². The van der Waals surface area contributed by atoms with Crippen molar-refractivity contribution in [2.45, 2.75) is 12.3 Å². The average Bonchev–Trinajstić information content (AvgIpc) is 2.65. The Labute approximate surface area is 149 Å². The van der Waals surface area contributed by atoms with Gasteiger partial charge >= 0.3 is 0 Å². The quantitative estimate of drug-likeness (QED) is 0.880. The van der Waals surface area contributed by atoms with Crippen molar-refractivity contribution in [3.8, 4) is 0 Å². The number of benzene rings is 2. The van der Waals surface area contributed by atoms with Gasteiger partial charge in [0.2, 0.25) is 5.91 Å². The molecule has 0 unspecified atom stereocenters. The highest BCUT2D eigenvalue weighted by Gasteiger charge is 2.45. The lowest BCUT2D eigenvalue weighted by Gasteiger charge is -2.40. The zero-order chi connectivity index (χ0) is 17.7. The highest BCUT2D eigenvalue weighted by atomic mass is 16.5. The molecule has 1 aliphatic rings. The molecule has 3 rings (SSSR count). The summed E-state index contributed by atoms with van der Waals surface area (Å²) in [6, 6.07) is 19.8. The minimum absolute atomic E-state index is 0.0351. The number of nitrogens with zero attached hydrogens (tertiary/aromatic N) is 1. The van der Waals surface area contributed by atoms with Gasteiger partial charge in [0.05, 0.1) is 13.2 Å². The zero-order valence-corrected chi connectivity index (χ0v) is 14.7. The van der Waals surface area contributed by atoms with Crippen LogP contribution in [0.4, 0.5) is 0 Å². The summed E-state index contributed by atoms with van der Waals surface area (Å²) in [5, 5.41) is 0. The molecule has 2 aromatic rings. The van der Waals surface area contributed by atoms with Crippen LogP contribution in [-0.4, -0.2) is 43.7 Å². The van der Waals surface area contributed by atoms with E-state index in [2.05, 4.69) is 11.8 Å². The Kier molecular flexibility index (Phi) is 5.51. The summed E-state index contributed by atoms with van der Waals surface area (Å²) in [6.07, 6.45) is 0. The molecule has 1 heterocycles. The Morgan fingerprint density at radius 2 is 1.52 bits per heavy atom. The molecule has 0 spiro atoms. The largest absolute Gasteiger partial charge is 0.379 e. The molecule has 0 bridgehead atoms. The van der Waals surface area contributed by atoms with E-state index in [1.165, 1.54) is 0 Å². The summed E-state index contributed by atoms with van der Waals surface area (Å²) in [5.41, 5.74) is 7.12. The van der Waals surface area contributed by atoms with E-state index in [4.69, 9.17) is 10.5 Å². The van der Waals surface area contributed by atoms with Gasteiger partial charge in [0, 0.05) is 19.6 Å². The number of hydrogen-bond donors (Lipinski definition) is 1. The van der Waals surface area contributed by atoms with E-state index in [0.29, 0.717) is 0 Å². The van der Waals surface area contributed by atoms with E-state index < -0.39 is 5.41 Å². The maximum Gasteiger partial charge on any atom is 0.232 e. The lowest BCUT2D eigenvalue weighted by Crippen LogP contribution is -2.52. The summed E-state index contributed by atoms with van der Waals surface area (Å²) < 4.78 is 5.45. The van der Waals surface area contributed by atoms with Gasteiger partial charge in [-0.15, -0.1) is 0 Å². The maximum absolute atomic E-state index is 12.9. The predicted octanol–water partition coefficient (Wildman–Crippen LogP) is 2.43. The molecule has 4 heteroatoms. The van der Waals surface area contributed by atoms with Crippen molar-refractivity contribution in [1.29, 1.82) is 0 Å². The molecule has 0 aliphatic carbocycles. The fourth-order valence-electron chi connectivity index (χ4n) is 3.97. The Balaban J connectivity index is 2.05. The molecule has 0 radical (unpaired) electrons. The molecule has 4 nitrogen and oxygen atoms in total. The van der Waals surface area contributed by atoms with E-state index in [0.717, 1.165) is 44.0 Å². The number of primary amides is 1. The second-order valence-corrected chi connectivity index (χ2v) is 6.72. The second-order valence-electron chi connectivity index (χ2n) is 6.72. The average molecular weight is 338 g/mol. The molecule has 1 amide bonds. The third-order valence-electron chi connectivity index (χ3n) is 5.22. The van der Waals surface area contributed by atoms with Crippen molar-refractivity contribution in [2.75, 3.05) is 32.8 Å². The summed E-state index contributed by atoms with van der Waals surface area (Å²) in [4.78, 5) is 15.2. The standard InChI is InChI=1S/C21H26N2O2/c1-17(16-23-12-14-25-15-13-23)21(20(22)24,18-8-4-2-5-9-18)19-10-6-3-7-11-19/h2-11,17H,12-16H2,1H3,(H2,22,24)/t17-/m1/s1. The van der Waals surface area contributed by atoms with Gasteiger partial charge in [-0.2, -0.15) is 0 Å². The summed E-state index contributed by atoms with van der Waals surface area (Å²) >= 11 is 0. The second kappa shape index (κ2) is 7.81. The molecule has 25 heavy (non-hydrogen) atoms. The van der Waals surface area contributed by atoms with E-state index in [-0.39, 0.29) is 11.8 Å². The monoisotopic (exact) mass is 338 g/mol. The SMILES string of the molecule is C[C@H](CN1CCOCC1)C(C(N)=O)(c1ccccc1)c1ccccc1. The van der Waals surface area contributed by atoms with Gasteiger partial charge in [-0.25, -0.2) is 0 Å². The molecule has 1 aliphatic heterocycles. The number of nitrogens with two attached hydrogens (primary N) is 1. The first-order valence-corrected chi connectivity index (χ1v) is 8.86. The molecule has 0 saturated carbocycles. The summed E-state index contributed by atoms with van der Waals surface area (Å²) in [6.45, 7) is 6.20. The van der Waals surface area contributed by atoms with Gasteiger partial charge in [0.25, 0.3) is 0 Å². The lowest BCUT2D eigenvalue weighted by molar-refractivity contribution is -0.124. The Bertz CT molecular complexity index is 642. The Hall–Kier alpha value is -2.17. The Morgan fingerprint density at radius 3 is 1.96 bits per heavy atom. The van der Waals surface area contributed by atoms with Gasteiger partial charge in [-0.05, 0) is 17.0 Å².